The summed E-state index contributed by atoms with van der Waals surface area (Å²) in [5.74, 6) is 0. The maximum absolute atomic E-state index is 9.09. The molecule has 0 aromatic carbocycles. The second kappa shape index (κ2) is 3.77. The van der Waals surface area contributed by atoms with Crippen molar-refractivity contribution < 1.29 is 0 Å². The predicted molar refractivity (Wildman–Crippen MR) is 66.9 cm³/mol. The Labute approximate surface area is 100 Å². The van der Waals surface area contributed by atoms with Crippen LogP contribution in [0.3, 0.4) is 0 Å². The Kier molecular flexibility index (Phi) is 2.25. The third-order valence-electron chi connectivity index (χ3n) is 3.40. The van der Waals surface area contributed by atoms with E-state index in [1.807, 2.05) is 17.8 Å². The van der Waals surface area contributed by atoms with Crippen LogP contribution >= 0.6 is 0 Å². The van der Waals surface area contributed by atoms with Crippen molar-refractivity contribution in [2.75, 3.05) is 18.0 Å². The molecule has 0 aliphatic carbocycles. The van der Waals surface area contributed by atoms with Crippen molar-refractivity contribution in [1.82, 2.24) is 9.55 Å². The van der Waals surface area contributed by atoms with Crippen LogP contribution in [-0.4, -0.2) is 22.6 Å². The van der Waals surface area contributed by atoms with Crippen LogP contribution in [0.5, 0.6) is 0 Å². The first-order chi connectivity index (χ1) is 8.31. The Morgan fingerprint density at radius 1 is 1.35 bits per heavy atom. The molecule has 1 saturated heterocycles. The van der Waals surface area contributed by atoms with Gasteiger partial charge in [-0.15, -0.1) is 0 Å². The second-order valence-corrected chi connectivity index (χ2v) is 4.49. The molecule has 1 fully saturated rings. The van der Waals surface area contributed by atoms with Crippen molar-refractivity contribution >= 4 is 16.7 Å². The van der Waals surface area contributed by atoms with E-state index in [9.17, 15) is 0 Å². The molecule has 2 aromatic heterocycles. The number of aromatic nitrogens is 2. The summed E-state index contributed by atoms with van der Waals surface area (Å²) in [7, 11) is 1.98. The minimum absolute atomic E-state index is 0.656. The van der Waals surface area contributed by atoms with Crippen molar-refractivity contribution in [3.63, 3.8) is 0 Å². The van der Waals surface area contributed by atoms with Gasteiger partial charge in [0.1, 0.15) is 11.6 Å². The molecule has 0 saturated carbocycles. The number of nitrogens with zero attached hydrogens (tertiary/aromatic N) is 4. The molecule has 0 amide bonds. The fraction of sp³-hybridized carbons (Fsp3) is 0.385. The molecule has 0 radical (unpaired) electrons. The van der Waals surface area contributed by atoms with Gasteiger partial charge in [0.15, 0.2) is 0 Å². The number of hydrogen-bond acceptors (Lipinski definition) is 3. The normalized spacial score (nSPS) is 15.4. The highest BCUT2D eigenvalue weighted by molar-refractivity contribution is 5.93. The van der Waals surface area contributed by atoms with Crippen LogP contribution in [-0.2, 0) is 7.05 Å². The first kappa shape index (κ1) is 10.2. The van der Waals surface area contributed by atoms with Crippen molar-refractivity contribution in [1.29, 1.82) is 5.26 Å². The molecule has 0 atom stereocenters. The summed E-state index contributed by atoms with van der Waals surface area (Å²) in [6, 6.07) is 4.26. The van der Waals surface area contributed by atoms with Gasteiger partial charge < -0.3 is 9.47 Å². The number of nitriles is 1. The predicted octanol–water partition coefficient (Wildman–Crippen LogP) is 2.05. The highest BCUT2D eigenvalue weighted by atomic mass is 15.2. The molecule has 3 heterocycles. The minimum atomic E-state index is 0.656. The van der Waals surface area contributed by atoms with E-state index in [-0.39, 0.29) is 0 Å². The van der Waals surface area contributed by atoms with E-state index < -0.39 is 0 Å². The molecule has 86 valence electrons. The Morgan fingerprint density at radius 3 is 2.82 bits per heavy atom. The van der Waals surface area contributed by atoms with Gasteiger partial charge in [0.25, 0.3) is 0 Å². The summed E-state index contributed by atoms with van der Waals surface area (Å²) in [5.41, 5.74) is 3.75. The lowest BCUT2D eigenvalue weighted by molar-refractivity contribution is 0.934. The molecule has 0 bridgehead atoms. The van der Waals surface area contributed by atoms with Crippen LogP contribution in [0.2, 0.25) is 0 Å². The lowest BCUT2D eigenvalue weighted by Crippen LogP contribution is -2.18. The monoisotopic (exact) mass is 226 g/mol. The van der Waals surface area contributed by atoms with Gasteiger partial charge in [-0.1, -0.05) is 0 Å². The molecule has 3 rings (SSSR count). The molecular weight excluding hydrogens is 212 g/mol. The lowest BCUT2D eigenvalue weighted by Gasteiger charge is -2.19. The Hall–Kier alpha value is -2.02. The molecule has 0 unspecified atom stereocenters. The number of rotatable bonds is 1. The Balaban J connectivity index is 2.25. The molecule has 0 spiro atoms. The van der Waals surface area contributed by atoms with Crippen molar-refractivity contribution in [2.45, 2.75) is 12.8 Å². The van der Waals surface area contributed by atoms with Gasteiger partial charge in [-0.25, -0.2) is 0 Å². The molecule has 2 aromatic rings. The third kappa shape index (κ3) is 1.47. The summed E-state index contributed by atoms with van der Waals surface area (Å²) in [5, 5.41) is 9.09. The number of anilines is 1. The van der Waals surface area contributed by atoms with E-state index in [1.165, 1.54) is 18.5 Å². The average Bonchev–Trinajstić information content (AvgIpc) is 2.97. The lowest BCUT2D eigenvalue weighted by atomic mass is 10.2. The van der Waals surface area contributed by atoms with E-state index in [0.717, 1.165) is 24.1 Å². The van der Waals surface area contributed by atoms with Crippen molar-refractivity contribution in [2.24, 2.45) is 7.05 Å². The zero-order valence-electron chi connectivity index (χ0n) is 9.85. The van der Waals surface area contributed by atoms with E-state index in [2.05, 4.69) is 22.0 Å². The van der Waals surface area contributed by atoms with E-state index in [1.54, 1.807) is 6.20 Å². The maximum atomic E-state index is 9.09. The molecule has 1 aliphatic rings. The van der Waals surface area contributed by atoms with E-state index >= 15 is 0 Å². The van der Waals surface area contributed by atoms with Crippen LogP contribution in [0.1, 0.15) is 18.4 Å². The van der Waals surface area contributed by atoms with Crippen LogP contribution in [0.25, 0.3) is 11.0 Å². The van der Waals surface area contributed by atoms with Gasteiger partial charge in [-0.2, -0.15) is 5.26 Å². The molecule has 4 nitrogen and oxygen atoms in total. The van der Waals surface area contributed by atoms with Crippen molar-refractivity contribution in [3.05, 3.63) is 24.0 Å². The van der Waals surface area contributed by atoms with Gasteiger partial charge in [0.2, 0.25) is 0 Å². The number of pyridine rings is 1. The number of aryl methyl sites for hydroxylation is 1. The SMILES string of the molecule is Cn1cc(C#N)c2nccc(N3CCCC3)c21. The van der Waals surface area contributed by atoms with Gasteiger partial charge >= 0.3 is 0 Å². The Bertz CT molecular complexity index is 600. The molecule has 17 heavy (non-hydrogen) atoms. The smallest absolute Gasteiger partial charge is 0.108 e. The molecule has 4 heteroatoms. The summed E-state index contributed by atoms with van der Waals surface area (Å²) in [6.07, 6.45) is 6.16. The van der Waals surface area contributed by atoms with E-state index in [0.29, 0.717) is 5.56 Å². The number of hydrogen-bond donors (Lipinski definition) is 0. The molecule has 0 N–H and O–H groups in total. The van der Waals surface area contributed by atoms with Gasteiger partial charge in [-0.3, -0.25) is 4.98 Å². The summed E-state index contributed by atoms with van der Waals surface area (Å²) >= 11 is 0. The summed E-state index contributed by atoms with van der Waals surface area (Å²) in [4.78, 5) is 6.72. The topological polar surface area (TPSA) is 44.9 Å². The highest BCUT2D eigenvalue weighted by Crippen LogP contribution is 2.30. The second-order valence-electron chi connectivity index (χ2n) is 4.49. The first-order valence-electron chi connectivity index (χ1n) is 5.90. The van der Waals surface area contributed by atoms with Gasteiger partial charge in [-0.05, 0) is 18.9 Å². The largest absolute Gasteiger partial charge is 0.370 e. The van der Waals surface area contributed by atoms with Crippen LogP contribution in [0.4, 0.5) is 5.69 Å². The summed E-state index contributed by atoms with van der Waals surface area (Å²) < 4.78 is 2.01. The zero-order chi connectivity index (χ0) is 11.8. The van der Waals surface area contributed by atoms with Gasteiger partial charge in [0, 0.05) is 32.5 Å². The highest BCUT2D eigenvalue weighted by Gasteiger charge is 2.18. The first-order valence-corrected chi connectivity index (χ1v) is 5.90. The average molecular weight is 226 g/mol. The molecular formula is C13H14N4. The van der Waals surface area contributed by atoms with E-state index in [4.69, 9.17) is 5.26 Å². The zero-order valence-corrected chi connectivity index (χ0v) is 9.85. The fourth-order valence-electron chi connectivity index (χ4n) is 2.60. The third-order valence-corrected chi connectivity index (χ3v) is 3.40. The summed E-state index contributed by atoms with van der Waals surface area (Å²) in [6.45, 7) is 2.21. The van der Waals surface area contributed by atoms with Crippen LogP contribution < -0.4 is 4.90 Å². The van der Waals surface area contributed by atoms with Crippen LogP contribution in [0.15, 0.2) is 18.5 Å². The standard InChI is InChI=1S/C13H14N4/c1-16-9-10(8-14)12-13(16)11(4-5-15-12)17-6-2-3-7-17/h4-5,9H,2-3,6-7H2,1H3. The quantitative estimate of drug-likeness (QED) is 0.747. The Morgan fingerprint density at radius 2 is 2.12 bits per heavy atom. The van der Waals surface area contributed by atoms with Gasteiger partial charge in [0.05, 0.1) is 16.8 Å². The maximum Gasteiger partial charge on any atom is 0.108 e. The molecule has 1 aliphatic heterocycles. The number of fused-ring (bicyclic) bond motifs is 1. The van der Waals surface area contributed by atoms with Crippen LogP contribution in [0, 0.1) is 11.3 Å². The fourth-order valence-corrected chi connectivity index (χ4v) is 2.60. The van der Waals surface area contributed by atoms with Crippen molar-refractivity contribution in [3.8, 4) is 6.07 Å². The minimum Gasteiger partial charge on any atom is -0.370 e.